The molecule has 0 radical (unpaired) electrons. The van der Waals surface area contributed by atoms with E-state index >= 15 is 0 Å². The molecule has 1 fully saturated rings. The van der Waals surface area contributed by atoms with Crippen molar-refractivity contribution >= 4 is 9.84 Å². The minimum Gasteiger partial charge on any atom is -0.310 e. The SMILES string of the molecule is C[C@@H]1CC(NCc2ccc(CS(C)(=O)=O)cc2)C[C@H](C)C1. The minimum absolute atomic E-state index is 0.123. The van der Waals surface area contributed by atoms with Gasteiger partial charge in [-0.2, -0.15) is 0 Å². The van der Waals surface area contributed by atoms with Crippen LogP contribution in [0.1, 0.15) is 44.2 Å². The van der Waals surface area contributed by atoms with Crippen molar-refractivity contribution in [1.82, 2.24) is 5.32 Å². The maximum Gasteiger partial charge on any atom is 0.151 e. The smallest absolute Gasteiger partial charge is 0.151 e. The molecule has 2 rings (SSSR count). The lowest BCUT2D eigenvalue weighted by Gasteiger charge is -2.32. The Bertz CT molecular complexity index is 541. The van der Waals surface area contributed by atoms with Gasteiger partial charge >= 0.3 is 0 Å². The Morgan fingerprint density at radius 2 is 1.52 bits per heavy atom. The largest absolute Gasteiger partial charge is 0.310 e. The molecule has 0 bridgehead atoms. The molecule has 0 saturated heterocycles. The molecule has 4 heteroatoms. The van der Waals surface area contributed by atoms with Crippen LogP contribution in [0.25, 0.3) is 0 Å². The fourth-order valence-electron chi connectivity index (χ4n) is 3.43. The van der Waals surface area contributed by atoms with Crippen molar-refractivity contribution in [2.75, 3.05) is 6.26 Å². The maximum absolute atomic E-state index is 11.3. The Kier molecular flexibility index (Phi) is 5.44. The highest BCUT2D eigenvalue weighted by Crippen LogP contribution is 2.28. The summed E-state index contributed by atoms with van der Waals surface area (Å²) in [5, 5.41) is 3.65. The van der Waals surface area contributed by atoms with E-state index in [0.29, 0.717) is 6.04 Å². The Balaban J connectivity index is 1.86. The first-order valence-corrected chi connectivity index (χ1v) is 9.87. The molecule has 1 saturated carbocycles. The molecule has 1 N–H and O–H groups in total. The van der Waals surface area contributed by atoms with Crippen molar-refractivity contribution < 1.29 is 8.42 Å². The first-order chi connectivity index (χ1) is 9.82. The summed E-state index contributed by atoms with van der Waals surface area (Å²) in [6.45, 7) is 5.54. The Morgan fingerprint density at radius 1 is 1.00 bits per heavy atom. The molecule has 0 spiro atoms. The van der Waals surface area contributed by atoms with Gasteiger partial charge in [0.1, 0.15) is 0 Å². The summed E-state index contributed by atoms with van der Waals surface area (Å²) in [6.07, 6.45) is 5.14. The first-order valence-electron chi connectivity index (χ1n) is 7.81. The minimum atomic E-state index is -2.95. The van der Waals surface area contributed by atoms with Crippen molar-refractivity contribution in [3.05, 3.63) is 35.4 Å². The zero-order valence-electron chi connectivity index (χ0n) is 13.3. The van der Waals surface area contributed by atoms with Crippen molar-refractivity contribution in [3.63, 3.8) is 0 Å². The van der Waals surface area contributed by atoms with Gasteiger partial charge in [0.25, 0.3) is 0 Å². The summed E-state index contributed by atoms with van der Waals surface area (Å²) in [4.78, 5) is 0. The fourth-order valence-corrected chi connectivity index (χ4v) is 4.23. The van der Waals surface area contributed by atoms with Crippen LogP contribution in [0.4, 0.5) is 0 Å². The summed E-state index contributed by atoms with van der Waals surface area (Å²) < 4.78 is 22.5. The molecule has 0 amide bonds. The topological polar surface area (TPSA) is 46.2 Å². The molecular weight excluding hydrogens is 282 g/mol. The molecule has 118 valence electrons. The van der Waals surface area contributed by atoms with Crippen LogP contribution in [0.2, 0.25) is 0 Å². The summed E-state index contributed by atoms with van der Waals surface area (Å²) in [5.41, 5.74) is 2.08. The number of hydrogen-bond acceptors (Lipinski definition) is 3. The van der Waals surface area contributed by atoms with Gasteiger partial charge in [-0.3, -0.25) is 0 Å². The molecule has 3 atom stereocenters. The van der Waals surface area contributed by atoms with Crippen molar-refractivity contribution in [3.8, 4) is 0 Å². The normalized spacial score (nSPS) is 26.7. The second-order valence-electron chi connectivity index (χ2n) is 6.88. The molecule has 0 heterocycles. The Hall–Kier alpha value is -0.870. The van der Waals surface area contributed by atoms with Crippen molar-refractivity contribution in [1.29, 1.82) is 0 Å². The maximum atomic E-state index is 11.3. The van der Waals surface area contributed by atoms with E-state index in [1.807, 2.05) is 24.3 Å². The first kappa shape index (κ1) is 16.5. The third-order valence-corrected chi connectivity index (χ3v) is 5.08. The van der Waals surface area contributed by atoms with E-state index in [4.69, 9.17) is 0 Å². The number of benzene rings is 1. The van der Waals surface area contributed by atoms with Crippen LogP contribution in [-0.2, 0) is 22.1 Å². The number of rotatable bonds is 5. The van der Waals surface area contributed by atoms with Gasteiger partial charge in [0.2, 0.25) is 0 Å². The molecule has 21 heavy (non-hydrogen) atoms. The molecule has 1 aromatic rings. The molecule has 3 nitrogen and oxygen atoms in total. The molecular formula is C17H27NO2S. The zero-order chi connectivity index (χ0) is 15.5. The quantitative estimate of drug-likeness (QED) is 0.909. The Labute approximate surface area is 129 Å². The third kappa shape index (κ3) is 5.79. The Morgan fingerprint density at radius 3 is 2.05 bits per heavy atom. The highest BCUT2D eigenvalue weighted by molar-refractivity contribution is 7.89. The predicted molar refractivity (Wildman–Crippen MR) is 87.8 cm³/mol. The van der Waals surface area contributed by atoms with Gasteiger partial charge < -0.3 is 5.32 Å². The average molecular weight is 309 g/mol. The van der Waals surface area contributed by atoms with Crippen LogP contribution in [0, 0.1) is 11.8 Å². The van der Waals surface area contributed by atoms with E-state index in [1.165, 1.54) is 31.1 Å². The summed E-state index contributed by atoms with van der Waals surface area (Å²) in [5.74, 6) is 1.74. The van der Waals surface area contributed by atoms with Gasteiger partial charge in [-0.25, -0.2) is 8.42 Å². The van der Waals surface area contributed by atoms with E-state index in [-0.39, 0.29) is 5.75 Å². The molecule has 1 aromatic carbocycles. The van der Waals surface area contributed by atoms with E-state index in [1.54, 1.807) is 0 Å². The number of sulfone groups is 1. The van der Waals surface area contributed by atoms with Gasteiger partial charge in [0.15, 0.2) is 9.84 Å². The highest BCUT2D eigenvalue weighted by Gasteiger charge is 2.23. The summed E-state index contributed by atoms with van der Waals surface area (Å²) >= 11 is 0. The van der Waals surface area contributed by atoms with Crippen molar-refractivity contribution in [2.45, 2.75) is 51.4 Å². The molecule has 1 aliphatic carbocycles. The second kappa shape index (κ2) is 6.93. The third-order valence-electron chi connectivity index (χ3n) is 4.23. The van der Waals surface area contributed by atoms with Gasteiger partial charge in [0, 0.05) is 18.8 Å². The average Bonchev–Trinajstić information content (AvgIpc) is 2.35. The van der Waals surface area contributed by atoms with Crippen LogP contribution < -0.4 is 5.32 Å². The molecule has 0 aliphatic heterocycles. The van der Waals surface area contributed by atoms with E-state index in [2.05, 4.69) is 19.2 Å². The predicted octanol–water partition coefficient (Wildman–Crippen LogP) is 3.15. The van der Waals surface area contributed by atoms with E-state index < -0.39 is 9.84 Å². The molecule has 1 unspecified atom stereocenters. The lowest BCUT2D eigenvalue weighted by Crippen LogP contribution is -2.35. The van der Waals surface area contributed by atoms with E-state index in [9.17, 15) is 8.42 Å². The monoisotopic (exact) mass is 309 g/mol. The second-order valence-corrected chi connectivity index (χ2v) is 9.02. The lowest BCUT2D eigenvalue weighted by atomic mass is 9.80. The van der Waals surface area contributed by atoms with Crippen LogP contribution in [0.15, 0.2) is 24.3 Å². The number of nitrogens with one attached hydrogen (secondary N) is 1. The van der Waals surface area contributed by atoms with Crippen LogP contribution in [0.5, 0.6) is 0 Å². The lowest BCUT2D eigenvalue weighted by molar-refractivity contribution is 0.238. The van der Waals surface area contributed by atoms with Crippen LogP contribution >= 0.6 is 0 Å². The van der Waals surface area contributed by atoms with Gasteiger partial charge in [0.05, 0.1) is 5.75 Å². The van der Waals surface area contributed by atoms with Crippen molar-refractivity contribution in [2.24, 2.45) is 11.8 Å². The molecule has 1 aliphatic rings. The summed E-state index contributed by atoms with van der Waals surface area (Å²) in [6, 6.07) is 8.51. The standard InChI is InChI=1S/C17H27NO2S/c1-13-8-14(2)10-17(9-13)18-11-15-4-6-16(7-5-15)12-21(3,19)20/h4-7,13-14,17-18H,8-12H2,1-3H3/t13-,14+,17?. The van der Waals surface area contributed by atoms with E-state index in [0.717, 1.165) is 23.9 Å². The fraction of sp³-hybridized carbons (Fsp3) is 0.647. The van der Waals surface area contributed by atoms with Crippen LogP contribution in [0.3, 0.4) is 0 Å². The van der Waals surface area contributed by atoms with Gasteiger partial charge in [-0.15, -0.1) is 0 Å². The van der Waals surface area contributed by atoms with Crippen LogP contribution in [-0.4, -0.2) is 20.7 Å². The van der Waals surface area contributed by atoms with Gasteiger partial charge in [-0.05, 0) is 42.2 Å². The summed E-state index contributed by atoms with van der Waals surface area (Å²) in [7, 11) is -2.95. The highest BCUT2D eigenvalue weighted by atomic mass is 32.2. The van der Waals surface area contributed by atoms with Gasteiger partial charge in [-0.1, -0.05) is 38.1 Å². The molecule has 0 aromatic heterocycles. The zero-order valence-corrected chi connectivity index (χ0v) is 14.1. The number of hydrogen-bond donors (Lipinski definition) is 1.